The highest BCUT2D eigenvalue weighted by molar-refractivity contribution is 5.82. The maximum absolute atomic E-state index is 12.6. The van der Waals surface area contributed by atoms with E-state index in [2.05, 4.69) is 21.3 Å². The van der Waals surface area contributed by atoms with Crippen LogP contribution in [0.4, 0.5) is 0 Å². The molecule has 0 aliphatic carbocycles. The van der Waals surface area contributed by atoms with Gasteiger partial charge in [-0.3, -0.25) is 4.79 Å². The Bertz CT molecular complexity index is 395. The van der Waals surface area contributed by atoms with Crippen LogP contribution < -0.4 is 5.32 Å². The summed E-state index contributed by atoms with van der Waals surface area (Å²) in [5, 5.41) is 3.36. The summed E-state index contributed by atoms with van der Waals surface area (Å²) in [7, 11) is 0. The Kier molecular flexibility index (Phi) is 3.37. The SMILES string of the molecule is O=C([C@H]1CCCCN1)N1CCCC1c1ccc[nH]1. The van der Waals surface area contributed by atoms with Gasteiger partial charge in [0.15, 0.2) is 0 Å². The summed E-state index contributed by atoms with van der Waals surface area (Å²) in [5.41, 5.74) is 1.18. The molecule has 1 amide bonds. The first-order chi connectivity index (χ1) is 8.86. The van der Waals surface area contributed by atoms with E-state index in [1.54, 1.807) is 0 Å². The van der Waals surface area contributed by atoms with Gasteiger partial charge in [0.1, 0.15) is 0 Å². The van der Waals surface area contributed by atoms with E-state index in [0.29, 0.717) is 5.91 Å². The Morgan fingerprint density at radius 3 is 2.94 bits per heavy atom. The van der Waals surface area contributed by atoms with Gasteiger partial charge in [0.2, 0.25) is 5.91 Å². The molecular formula is C14H21N3O. The molecule has 2 N–H and O–H groups in total. The van der Waals surface area contributed by atoms with Crippen molar-refractivity contribution in [2.24, 2.45) is 0 Å². The molecule has 2 atom stereocenters. The molecule has 0 bridgehead atoms. The molecule has 3 heterocycles. The van der Waals surface area contributed by atoms with Crippen molar-refractivity contribution in [2.75, 3.05) is 13.1 Å². The molecule has 2 aliphatic heterocycles. The second-order valence-corrected chi connectivity index (χ2v) is 5.32. The number of likely N-dealkylation sites (tertiary alicyclic amines) is 1. The van der Waals surface area contributed by atoms with Crippen LogP contribution in [-0.2, 0) is 4.79 Å². The summed E-state index contributed by atoms with van der Waals surface area (Å²) in [6.07, 6.45) is 7.50. The maximum Gasteiger partial charge on any atom is 0.240 e. The monoisotopic (exact) mass is 247 g/mol. The quantitative estimate of drug-likeness (QED) is 0.837. The van der Waals surface area contributed by atoms with E-state index in [1.165, 1.54) is 18.5 Å². The standard InChI is InChI=1S/C14H21N3O/c18-14(12-5-1-2-8-16-12)17-10-4-7-13(17)11-6-3-9-15-11/h3,6,9,12-13,15-16H,1-2,4-5,7-8,10H2/t12-,13?/m1/s1. The van der Waals surface area contributed by atoms with Gasteiger partial charge in [0.05, 0.1) is 12.1 Å². The Morgan fingerprint density at radius 2 is 2.22 bits per heavy atom. The molecule has 3 rings (SSSR count). The van der Waals surface area contributed by atoms with Crippen LogP contribution >= 0.6 is 0 Å². The highest BCUT2D eigenvalue weighted by Gasteiger charge is 2.34. The number of H-pyrrole nitrogens is 1. The van der Waals surface area contributed by atoms with Crippen molar-refractivity contribution in [3.63, 3.8) is 0 Å². The molecule has 18 heavy (non-hydrogen) atoms. The molecule has 4 nitrogen and oxygen atoms in total. The summed E-state index contributed by atoms with van der Waals surface area (Å²) in [5.74, 6) is 0.298. The fourth-order valence-electron chi connectivity index (χ4n) is 3.17. The number of hydrogen-bond donors (Lipinski definition) is 2. The van der Waals surface area contributed by atoms with Crippen molar-refractivity contribution in [3.05, 3.63) is 24.0 Å². The summed E-state index contributed by atoms with van der Waals surface area (Å²) < 4.78 is 0. The van der Waals surface area contributed by atoms with Crippen molar-refractivity contribution < 1.29 is 4.79 Å². The number of carbonyl (C=O) groups is 1. The maximum atomic E-state index is 12.6. The summed E-state index contributed by atoms with van der Waals surface area (Å²) in [6.45, 7) is 1.89. The van der Waals surface area contributed by atoms with Gasteiger partial charge in [-0.25, -0.2) is 0 Å². The molecule has 2 fully saturated rings. The molecule has 1 aromatic rings. The minimum Gasteiger partial charge on any atom is -0.363 e. The molecule has 0 radical (unpaired) electrons. The van der Waals surface area contributed by atoms with Gasteiger partial charge in [0, 0.05) is 18.4 Å². The zero-order valence-corrected chi connectivity index (χ0v) is 10.7. The second-order valence-electron chi connectivity index (χ2n) is 5.32. The Balaban J connectivity index is 1.72. The third kappa shape index (κ3) is 2.17. The van der Waals surface area contributed by atoms with E-state index in [-0.39, 0.29) is 12.1 Å². The van der Waals surface area contributed by atoms with Gasteiger partial charge in [-0.05, 0) is 44.4 Å². The molecule has 0 aromatic carbocycles. The van der Waals surface area contributed by atoms with Gasteiger partial charge in [-0.2, -0.15) is 0 Å². The van der Waals surface area contributed by atoms with Gasteiger partial charge in [-0.15, -0.1) is 0 Å². The van der Waals surface area contributed by atoms with Crippen LogP contribution in [0.1, 0.15) is 43.8 Å². The number of hydrogen-bond acceptors (Lipinski definition) is 2. The van der Waals surface area contributed by atoms with Crippen molar-refractivity contribution in [2.45, 2.75) is 44.2 Å². The van der Waals surface area contributed by atoms with Crippen molar-refractivity contribution >= 4 is 5.91 Å². The van der Waals surface area contributed by atoms with E-state index < -0.39 is 0 Å². The lowest BCUT2D eigenvalue weighted by atomic mass is 10.0. The summed E-state index contributed by atoms with van der Waals surface area (Å²) in [4.78, 5) is 17.9. The van der Waals surface area contributed by atoms with Crippen LogP contribution in [0.25, 0.3) is 0 Å². The lowest BCUT2D eigenvalue weighted by molar-refractivity contribution is -0.135. The predicted molar refractivity (Wildman–Crippen MR) is 70.1 cm³/mol. The third-order valence-electron chi connectivity index (χ3n) is 4.13. The normalized spacial score (nSPS) is 28.6. The topological polar surface area (TPSA) is 48.1 Å². The average molecular weight is 247 g/mol. The lowest BCUT2D eigenvalue weighted by Gasteiger charge is -2.31. The molecule has 4 heteroatoms. The Morgan fingerprint density at radius 1 is 1.28 bits per heavy atom. The number of carbonyl (C=O) groups excluding carboxylic acids is 1. The Hall–Kier alpha value is -1.29. The van der Waals surface area contributed by atoms with Crippen LogP contribution in [0.2, 0.25) is 0 Å². The van der Waals surface area contributed by atoms with E-state index in [4.69, 9.17) is 0 Å². The number of rotatable bonds is 2. The zero-order valence-electron chi connectivity index (χ0n) is 10.7. The minimum atomic E-state index is 0.0503. The fraction of sp³-hybridized carbons (Fsp3) is 0.643. The van der Waals surface area contributed by atoms with Crippen molar-refractivity contribution in [1.29, 1.82) is 0 Å². The van der Waals surface area contributed by atoms with Crippen LogP contribution in [-0.4, -0.2) is 34.9 Å². The molecule has 1 aromatic heterocycles. The minimum absolute atomic E-state index is 0.0503. The first-order valence-corrected chi connectivity index (χ1v) is 7.03. The molecule has 2 saturated heterocycles. The third-order valence-corrected chi connectivity index (χ3v) is 4.13. The van der Waals surface area contributed by atoms with Gasteiger partial charge in [-0.1, -0.05) is 6.42 Å². The lowest BCUT2D eigenvalue weighted by Crippen LogP contribution is -2.48. The van der Waals surface area contributed by atoms with Crippen LogP contribution in [0.3, 0.4) is 0 Å². The largest absolute Gasteiger partial charge is 0.363 e. The predicted octanol–water partition coefficient (Wildman–Crippen LogP) is 1.82. The number of nitrogens with zero attached hydrogens (tertiary/aromatic N) is 1. The fourth-order valence-corrected chi connectivity index (χ4v) is 3.17. The number of piperidine rings is 1. The number of aromatic nitrogens is 1. The highest BCUT2D eigenvalue weighted by Crippen LogP contribution is 2.31. The van der Waals surface area contributed by atoms with Gasteiger partial charge < -0.3 is 15.2 Å². The number of aromatic amines is 1. The first kappa shape index (κ1) is 11.8. The smallest absolute Gasteiger partial charge is 0.240 e. The second kappa shape index (κ2) is 5.14. The molecule has 1 unspecified atom stereocenters. The van der Waals surface area contributed by atoms with E-state index in [9.17, 15) is 4.79 Å². The van der Waals surface area contributed by atoms with E-state index >= 15 is 0 Å². The van der Waals surface area contributed by atoms with Crippen LogP contribution in [0.5, 0.6) is 0 Å². The number of amides is 1. The number of nitrogens with one attached hydrogen (secondary N) is 2. The van der Waals surface area contributed by atoms with Crippen molar-refractivity contribution in [3.8, 4) is 0 Å². The molecule has 0 saturated carbocycles. The zero-order chi connectivity index (χ0) is 12.4. The highest BCUT2D eigenvalue weighted by atomic mass is 16.2. The first-order valence-electron chi connectivity index (χ1n) is 7.03. The van der Waals surface area contributed by atoms with Crippen molar-refractivity contribution in [1.82, 2.24) is 15.2 Å². The van der Waals surface area contributed by atoms with Crippen LogP contribution in [0, 0.1) is 0 Å². The Labute approximate surface area is 108 Å². The van der Waals surface area contributed by atoms with E-state index in [1.807, 2.05) is 12.3 Å². The van der Waals surface area contributed by atoms with Crippen LogP contribution in [0.15, 0.2) is 18.3 Å². The molecule has 98 valence electrons. The van der Waals surface area contributed by atoms with E-state index in [0.717, 1.165) is 32.4 Å². The molecular weight excluding hydrogens is 226 g/mol. The van der Waals surface area contributed by atoms with Gasteiger partial charge in [0.25, 0.3) is 0 Å². The molecule has 0 spiro atoms. The average Bonchev–Trinajstić information content (AvgIpc) is 3.09. The summed E-state index contributed by atoms with van der Waals surface area (Å²) in [6, 6.07) is 4.41. The van der Waals surface area contributed by atoms with Gasteiger partial charge >= 0.3 is 0 Å². The summed E-state index contributed by atoms with van der Waals surface area (Å²) >= 11 is 0. The molecule has 2 aliphatic rings.